The van der Waals surface area contributed by atoms with Crippen LogP contribution in [0.15, 0.2) is 24.3 Å². The number of piperidine rings is 1. The van der Waals surface area contributed by atoms with Crippen LogP contribution in [0.2, 0.25) is 0 Å². The van der Waals surface area contributed by atoms with Crippen molar-refractivity contribution in [2.45, 2.75) is 38.3 Å². The lowest BCUT2D eigenvalue weighted by Gasteiger charge is -2.38. The van der Waals surface area contributed by atoms with Gasteiger partial charge in [-0.15, -0.1) is 6.42 Å². The van der Waals surface area contributed by atoms with Crippen LogP contribution < -0.4 is 0 Å². The van der Waals surface area contributed by atoms with Gasteiger partial charge in [-0.3, -0.25) is 4.90 Å². The van der Waals surface area contributed by atoms with E-state index in [1.165, 1.54) is 11.1 Å². The third-order valence-electron chi connectivity index (χ3n) is 3.97. The summed E-state index contributed by atoms with van der Waals surface area (Å²) in [5.41, 5.74) is 1.74. The maximum atomic E-state index is 10.0. The Morgan fingerprint density at radius 1 is 1.39 bits per heavy atom. The summed E-state index contributed by atoms with van der Waals surface area (Å²) in [7, 11) is 0. The van der Waals surface area contributed by atoms with Crippen LogP contribution in [0.3, 0.4) is 0 Å². The zero-order valence-corrected chi connectivity index (χ0v) is 11.2. The van der Waals surface area contributed by atoms with E-state index in [1.54, 1.807) is 0 Å². The van der Waals surface area contributed by atoms with Crippen molar-refractivity contribution in [3.8, 4) is 12.3 Å². The van der Waals surface area contributed by atoms with E-state index in [-0.39, 0.29) is 0 Å². The molecule has 1 aromatic rings. The number of hydrogen-bond donors (Lipinski definition) is 1. The SMILES string of the molecule is C#CC1(O)CCN(C(C)c2cccc(C)c2)CC1. The molecule has 2 rings (SSSR count). The van der Waals surface area contributed by atoms with E-state index in [0.717, 1.165) is 13.1 Å². The highest BCUT2D eigenvalue weighted by Crippen LogP contribution is 2.28. The van der Waals surface area contributed by atoms with Gasteiger partial charge in [0.1, 0.15) is 5.60 Å². The van der Waals surface area contributed by atoms with Crippen molar-refractivity contribution in [2.75, 3.05) is 13.1 Å². The Balaban J connectivity index is 2.04. The standard InChI is InChI=1S/C16H21NO/c1-4-16(18)8-10-17(11-9-16)14(3)15-7-5-6-13(2)12-15/h1,5-7,12,14,18H,8-11H2,2-3H3. The van der Waals surface area contributed by atoms with Crippen molar-refractivity contribution >= 4 is 0 Å². The minimum Gasteiger partial charge on any atom is -0.378 e. The third kappa shape index (κ3) is 2.75. The fourth-order valence-corrected chi connectivity index (χ4v) is 2.57. The molecule has 1 fully saturated rings. The summed E-state index contributed by atoms with van der Waals surface area (Å²) in [6, 6.07) is 8.99. The third-order valence-corrected chi connectivity index (χ3v) is 3.97. The Morgan fingerprint density at radius 3 is 2.61 bits per heavy atom. The van der Waals surface area contributed by atoms with Crippen molar-refractivity contribution in [1.82, 2.24) is 4.90 Å². The number of terminal acetylenes is 1. The van der Waals surface area contributed by atoms with Crippen LogP contribution in [0.1, 0.15) is 36.9 Å². The molecule has 0 radical (unpaired) electrons. The van der Waals surface area contributed by atoms with Crippen molar-refractivity contribution in [2.24, 2.45) is 0 Å². The van der Waals surface area contributed by atoms with E-state index in [0.29, 0.717) is 18.9 Å². The van der Waals surface area contributed by atoms with E-state index in [1.807, 2.05) is 0 Å². The maximum Gasteiger partial charge on any atom is 0.127 e. The smallest absolute Gasteiger partial charge is 0.127 e. The van der Waals surface area contributed by atoms with Gasteiger partial charge in [0, 0.05) is 32.0 Å². The van der Waals surface area contributed by atoms with E-state index in [9.17, 15) is 5.11 Å². The first-order chi connectivity index (χ1) is 8.54. The molecule has 0 aliphatic carbocycles. The van der Waals surface area contributed by atoms with Crippen LogP contribution in [0, 0.1) is 19.3 Å². The maximum absolute atomic E-state index is 10.0. The summed E-state index contributed by atoms with van der Waals surface area (Å²) < 4.78 is 0. The molecule has 1 aliphatic heterocycles. The zero-order chi connectivity index (χ0) is 13.2. The van der Waals surface area contributed by atoms with Gasteiger partial charge < -0.3 is 5.11 Å². The summed E-state index contributed by atoms with van der Waals surface area (Å²) in [6.45, 7) is 6.05. The average molecular weight is 243 g/mol. The Labute approximate surface area is 110 Å². The van der Waals surface area contributed by atoms with Crippen molar-refractivity contribution in [3.05, 3.63) is 35.4 Å². The number of aryl methyl sites for hydroxylation is 1. The van der Waals surface area contributed by atoms with Gasteiger partial charge >= 0.3 is 0 Å². The molecule has 0 bridgehead atoms. The van der Waals surface area contributed by atoms with Crippen molar-refractivity contribution in [3.63, 3.8) is 0 Å². The summed E-state index contributed by atoms with van der Waals surface area (Å²) in [4.78, 5) is 2.39. The molecule has 0 saturated carbocycles. The number of likely N-dealkylation sites (tertiary alicyclic amines) is 1. The summed E-state index contributed by atoms with van der Waals surface area (Å²) >= 11 is 0. The molecule has 96 valence electrons. The number of aliphatic hydroxyl groups is 1. The number of hydrogen-bond acceptors (Lipinski definition) is 2. The molecule has 1 aliphatic rings. The lowest BCUT2D eigenvalue weighted by atomic mass is 9.91. The van der Waals surface area contributed by atoms with Crippen LogP contribution in [0.4, 0.5) is 0 Å². The molecule has 0 amide bonds. The van der Waals surface area contributed by atoms with E-state index in [2.05, 4.69) is 48.9 Å². The van der Waals surface area contributed by atoms with Crippen molar-refractivity contribution in [1.29, 1.82) is 0 Å². The van der Waals surface area contributed by atoms with Gasteiger partial charge in [0.05, 0.1) is 0 Å². The molecular weight excluding hydrogens is 222 g/mol. The Bertz CT molecular complexity index is 452. The van der Waals surface area contributed by atoms with Crippen LogP contribution in [0.5, 0.6) is 0 Å². The Kier molecular flexibility index (Phi) is 3.75. The second-order valence-corrected chi connectivity index (χ2v) is 5.30. The van der Waals surface area contributed by atoms with Gasteiger partial charge in [0.15, 0.2) is 0 Å². The van der Waals surface area contributed by atoms with Gasteiger partial charge in [0.2, 0.25) is 0 Å². The number of nitrogens with zero attached hydrogens (tertiary/aromatic N) is 1. The molecule has 1 unspecified atom stereocenters. The molecule has 0 spiro atoms. The van der Waals surface area contributed by atoms with Crippen LogP contribution in [-0.4, -0.2) is 28.7 Å². The quantitative estimate of drug-likeness (QED) is 0.807. The Hall–Kier alpha value is -1.30. The molecule has 18 heavy (non-hydrogen) atoms. The fourth-order valence-electron chi connectivity index (χ4n) is 2.57. The van der Waals surface area contributed by atoms with Crippen molar-refractivity contribution < 1.29 is 5.11 Å². The molecule has 2 heteroatoms. The van der Waals surface area contributed by atoms with E-state index < -0.39 is 5.60 Å². The lowest BCUT2D eigenvalue weighted by molar-refractivity contribution is 0.0151. The monoisotopic (exact) mass is 243 g/mol. The molecule has 1 saturated heterocycles. The second kappa shape index (κ2) is 5.14. The highest BCUT2D eigenvalue weighted by molar-refractivity contribution is 5.25. The molecule has 0 aromatic heterocycles. The topological polar surface area (TPSA) is 23.5 Å². The number of rotatable bonds is 2. The minimum atomic E-state index is -0.886. The second-order valence-electron chi connectivity index (χ2n) is 5.30. The van der Waals surface area contributed by atoms with E-state index >= 15 is 0 Å². The van der Waals surface area contributed by atoms with E-state index in [4.69, 9.17) is 6.42 Å². The van der Waals surface area contributed by atoms with Gasteiger partial charge in [-0.1, -0.05) is 35.7 Å². The minimum absolute atomic E-state index is 0.382. The normalized spacial score (nSPS) is 21.2. The first kappa shape index (κ1) is 13.1. The van der Waals surface area contributed by atoms with Gasteiger partial charge in [0.25, 0.3) is 0 Å². The molecular formula is C16H21NO. The van der Waals surface area contributed by atoms with Gasteiger partial charge in [-0.2, -0.15) is 0 Å². The summed E-state index contributed by atoms with van der Waals surface area (Å²) in [5, 5.41) is 10.0. The predicted molar refractivity (Wildman–Crippen MR) is 74.2 cm³/mol. The zero-order valence-electron chi connectivity index (χ0n) is 11.2. The predicted octanol–water partition coefficient (Wildman–Crippen LogP) is 2.52. The molecule has 1 heterocycles. The lowest BCUT2D eigenvalue weighted by Crippen LogP contribution is -2.44. The molecule has 1 atom stereocenters. The van der Waals surface area contributed by atoms with Crippen LogP contribution in [-0.2, 0) is 0 Å². The van der Waals surface area contributed by atoms with Crippen LogP contribution >= 0.6 is 0 Å². The first-order valence-corrected chi connectivity index (χ1v) is 6.55. The highest BCUT2D eigenvalue weighted by atomic mass is 16.3. The average Bonchev–Trinajstić information content (AvgIpc) is 2.39. The summed E-state index contributed by atoms with van der Waals surface area (Å²) in [5.74, 6) is 2.52. The van der Waals surface area contributed by atoms with Gasteiger partial charge in [-0.05, 0) is 19.4 Å². The molecule has 1 N–H and O–H groups in total. The highest BCUT2D eigenvalue weighted by Gasteiger charge is 2.32. The number of benzene rings is 1. The van der Waals surface area contributed by atoms with Crippen LogP contribution in [0.25, 0.3) is 0 Å². The summed E-state index contributed by atoms with van der Waals surface area (Å²) in [6.07, 6.45) is 6.70. The fraction of sp³-hybridized carbons (Fsp3) is 0.500. The largest absolute Gasteiger partial charge is 0.378 e. The Morgan fingerprint density at radius 2 is 2.06 bits per heavy atom. The molecule has 1 aromatic carbocycles. The first-order valence-electron chi connectivity index (χ1n) is 6.55. The van der Waals surface area contributed by atoms with Gasteiger partial charge in [-0.25, -0.2) is 0 Å². The molecule has 2 nitrogen and oxygen atoms in total.